The summed E-state index contributed by atoms with van der Waals surface area (Å²) in [6, 6.07) is 6.12. The highest BCUT2D eigenvalue weighted by Gasteiger charge is 2.34. The second-order valence-corrected chi connectivity index (χ2v) is 7.11. The van der Waals surface area contributed by atoms with Crippen LogP contribution in [0.4, 0.5) is 36.6 Å². The molecule has 0 aliphatic heterocycles. The Kier molecular flexibility index (Phi) is 6.61. The van der Waals surface area contributed by atoms with Crippen LogP contribution in [0.1, 0.15) is 22.7 Å². The Hall–Kier alpha value is -2.92. The molecule has 0 fully saturated rings. The van der Waals surface area contributed by atoms with E-state index in [0.717, 1.165) is 24.5 Å². The number of benzene rings is 2. The summed E-state index contributed by atoms with van der Waals surface area (Å²) < 4.78 is 90.3. The zero-order chi connectivity index (χ0) is 23.7. The van der Waals surface area contributed by atoms with Crippen molar-refractivity contribution in [3.8, 4) is 11.3 Å². The maximum absolute atomic E-state index is 13.7. The van der Waals surface area contributed by atoms with Gasteiger partial charge < -0.3 is 11.1 Å². The van der Waals surface area contributed by atoms with Crippen molar-refractivity contribution in [1.82, 2.24) is 9.97 Å². The molecule has 1 unspecified atom stereocenters. The SMILES string of the molecule is NC(CNc1cc(-c2ccc(C(F)(F)F)c(Cl)c2)ncn1)c1ccc(C(F)(F)F)c(F)c1. The molecule has 0 bridgehead atoms. The number of nitrogens with one attached hydrogen (secondary N) is 1. The van der Waals surface area contributed by atoms with Gasteiger partial charge in [-0.05, 0) is 29.8 Å². The van der Waals surface area contributed by atoms with Gasteiger partial charge in [-0.1, -0.05) is 23.7 Å². The van der Waals surface area contributed by atoms with E-state index < -0.39 is 40.4 Å². The average Bonchev–Trinajstić information content (AvgIpc) is 2.70. The maximum Gasteiger partial charge on any atom is 0.419 e. The predicted molar refractivity (Wildman–Crippen MR) is 104 cm³/mol. The van der Waals surface area contributed by atoms with E-state index in [9.17, 15) is 30.7 Å². The highest BCUT2D eigenvalue weighted by molar-refractivity contribution is 6.31. The van der Waals surface area contributed by atoms with Crippen molar-refractivity contribution in [2.24, 2.45) is 5.73 Å². The van der Waals surface area contributed by atoms with Crippen LogP contribution in [-0.4, -0.2) is 16.5 Å². The predicted octanol–water partition coefficient (Wildman–Crippen LogP) is 6.09. The molecule has 3 N–H and O–H groups in total. The molecule has 4 nitrogen and oxygen atoms in total. The van der Waals surface area contributed by atoms with Crippen LogP contribution in [0.25, 0.3) is 11.3 Å². The average molecular weight is 479 g/mol. The first-order valence-electron chi connectivity index (χ1n) is 8.91. The number of nitrogens with zero attached hydrogens (tertiary/aromatic N) is 2. The Morgan fingerprint density at radius 2 is 1.56 bits per heavy atom. The molecule has 0 saturated heterocycles. The molecule has 1 atom stereocenters. The van der Waals surface area contributed by atoms with Crippen LogP contribution in [0.15, 0.2) is 48.8 Å². The molecule has 0 aliphatic rings. The molecular formula is C20H14ClF7N4. The van der Waals surface area contributed by atoms with Crippen LogP contribution in [0, 0.1) is 5.82 Å². The van der Waals surface area contributed by atoms with Gasteiger partial charge in [0.25, 0.3) is 0 Å². The third kappa shape index (κ3) is 5.46. The first kappa shape index (κ1) is 23.7. The first-order chi connectivity index (χ1) is 14.9. The Bertz CT molecular complexity index is 1120. The van der Waals surface area contributed by atoms with E-state index in [1.807, 2.05) is 0 Å². The topological polar surface area (TPSA) is 63.8 Å². The van der Waals surface area contributed by atoms with Crippen molar-refractivity contribution in [3.63, 3.8) is 0 Å². The van der Waals surface area contributed by atoms with Crippen LogP contribution in [0.3, 0.4) is 0 Å². The summed E-state index contributed by atoms with van der Waals surface area (Å²) in [6.07, 6.45) is -8.25. The van der Waals surface area contributed by atoms with Gasteiger partial charge in [0.2, 0.25) is 0 Å². The van der Waals surface area contributed by atoms with Gasteiger partial charge in [-0.2, -0.15) is 26.3 Å². The van der Waals surface area contributed by atoms with Gasteiger partial charge in [-0.25, -0.2) is 14.4 Å². The van der Waals surface area contributed by atoms with E-state index in [2.05, 4.69) is 15.3 Å². The molecule has 0 saturated carbocycles. The lowest BCUT2D eigenvalue weighted by Crippen LogP contribution is -2.21. The molecule has 32 heavy (non-hydrogen) atoms. The first-order valence-corrected chi connectivity index (χ1v) is 9.29. The van der Waals surface area contributed by atoms with Crippen molar-refractivity contribution in [2.75, 3.05) is 11.9 Å². The second kappa shape index (κ2) is 8.91. The molecule has 12 heteroatoms. The zero-order valence-electron chi connectivity index (χ0n) is 15.9. The van der Waals surface area contributed by atoms with Crippen molar-refractivity contribution >= 4 is 17.4 Å². The number of anilines is 1. The summed E-state index contributed by atoms with van der Waals surface area (Å²) in [5.74, 6) is -1.19. The van der Waals surface area contributed by atoms with Gasteiger partial charge in [-0.3, -0.25) is 0 Å². The molecular weight excluding hydrogens is 465 g/mol. The van der Waals surface area contributed by atoms with Crippen LogP contribution in [-0.2, 0) is 12.4 Å². The van der Waals surface area contributed by atoms with Crippen LogP contribution in [0.5, 0.6) is 0 Å². The molecule has 2 aromatic carbocycles. The summed E-state index contributed by atoms with van der Waals surface area (Å²) in [7, 11) is 0. The minimum Gasteiger partial charge on any atom is -0.368 e. The molecule has 170 valence electrons. The molecule has 1 heterocycles. The number of rotatable bonds is 5. The van der Waals surface area contributed by atoms with Gasteiger partial charge in [0.05, 0.1) is 21.8 Å². The van der Waals surface area contributed by atoms with Crippen LogP contribution < -0.4 is 11.1 Å². The van der Waals surface area contributed by atoms with Gasteiger partial charge in [0.1, 0.15) is 18.0 Å². The number of hydrogen-bond acceptors (Lipinski definition) is 4. The van der Waals surface area contributed by atoms with Crippen molar-refractivity contribution in [2.45, 2.75) is 18.4 Å². The normalized spacial score (nSPS) is 13.2. The second-order valence-electron chi connectivity index (χ2n) is 6.71. The van der Waals surface area contributed by atoms with Gasteiger partial charge in [-0.15, -0.1) is 0 Å². The number of halogens is 8. The molecule has 1 aromatic heterocycles. The minimum atomic E-state index is -4.82. The number of nitrogens with two attached hydrogens (primary N) is 1. The maximum atomic E-state index is 13.7. The Labute approximate surface area is 182 Å². The molecule has 3 rings (SSSR count). The highest BCUT2D eigenvalue weighted by atomic mass is 35.5. The number of hydrogen-bond donors (Lipinski definition) is 2. The molecule has 0 amide bonds. The highest BCUT2D eigenvalue weighted by Crippen LogP contribution is 2.36. The third-order valence-corrected chi connectivity index (χ3v) is 4.78. The monoisotopic (exact) mass is 478 g/mol. The zero-order valence-corrected chi connectivity index (χ0v) is 16.7. The van der Waals surface area contributed by atoms with Crippen LogP contribution in [0.2, 0.25) is 5.02 Å². The largest absolute Gasteiger partial charge is 0.419 e. The van der Waals surface area contributed by atoms with E-state index in [1.54, 1.807) is 0 Å². The minimum absolute atomic E-state index is 0.0188. The quantitative estimate of drug-likeness (QED) is 0.436. The lowest BCUT2D eigenvalue weighted by molar-refractivity contribution is -0.140. The summed E-state index contributed by atoms with van der Waals surface area (Å²) in [6.45, 7) is -0.0188. The van der Waals surface area contributed by atoms with E-state index in [-0.39, 0.29) is 23.6 Å². The molecule has 3 aromatic rings. The fraction of sp³-hybridized carbons (Fsp3) is 0.200. The summed E-state index contributed by atoms with van der Waals surface area (Å²) in [4.78, 5) is 7.95. The molecule has 0 spiro atoms. The van der Waals surface area contributed by atoms with Gasteiger partial charge >= 0.3 is 12.4 Å². The van der Waals surface area contributed by atoms with E-state index in [4.69, 9.17) is 17.3 Å². The van der Waals surface area contributed by atoms with Gasteiger partial charge in [0, 0.05) is 24.2 Å². The third-order valence-electron chi connectivity index (χ3n) is 4.47. The van der Waals surface area contributed by atoms with E-state index >= 15 is 0 Å². The standard InChI is InChI=1S/C20H14ClF7N4/c21-14-5-11(2-3-12(14)19(23,24)25)17-7-18(32-9-31-17)30-8-16(29)10-1-4-13(15(22)6-10)20(26,27)28/h1-7,9,16H,8,29H2,(H,30,31,32). The lowest BCUT2D eigenvalue weighted by atomic mass is 10.0. The molecule has 0 aliphatic carbocycles. The van der Waals surface area contributed by atoms with E-state index in [1.165, 1.54) is 12.1 Å². The smallest absolute Gasteiger partial charge is 0.368 e. The number of alkyl halides is 6. The van der Waals surface area contributed by atoms with Crippen molar-refractivity contribution in [1.29, 1.82) is 0 Å². The lowest BCUT2D eigenvalue weighted by Gasteiger charge is -2.16. The summed E-state index contributed by atoms with van der Waals surface area (Å²) >= 11 is 5.73. The Morgan fingerprint density at radius 3 is 2.16 bits per heavy atom. The molecule has 0 radical (unpaired) electrons. The van der Waals surface area contributed by atoms with Crippen LogP contribution >= 0.6 is 11.6 Å². The number of aromatic nitrogens is 2. The fourth-order valence-corrected chi connectivity index (χ4v) is 3.13. The van der Waals surface area contributed by atoms with Crippen molar-refractivity contribution < 1.29 is 30.7 Å². The van der Waals surface area contributed by atoms with E-state index in [0.29, 0.717) is 17.7 Å². The fourth-order valence-electron chi connectivity index (χ4n) is 2.84. The Morgan fingerprint density at radius 1 is 0.906 bits per heavy atom. The van der Waals surface area contributed by atoms with Crippen molar-refractivity contribution in [3.05, 3.63) is 76.3 Å². The Balaban J connectivity index is 1.73. The summed E-state index contributed by atoms with van der Waals surface area (Å²) in [5.41, 5.74) is 4.26. The summed E-state index contributed by atoms with van der Waals surface area (Å²) in [5, 5.41) is 2.34. The van der Waals surface area contributed by atoms with Gasteiger partial charge in [0.15, 0.2) is 0 Å².